The Morgan fingerprint density at radius 1 is 1.04 bits per heavy atom. The second-order valence-electron chi connectivity index (χ2n) is 6.29. The second-order valence-corrected chi connectivity index (χ2v) is 6.29. The highest BCUT2D eigenvalue weighted by Crippen LogP contribution is 2.15. The molecule has 0 fully saturated rings. The molecule has 0 atom stereocenters. The molecule has 0 saturated carbocycles. The van der Waals surface area contributed by atoms with Gasteiger partial charge < -0.3 is 10.6 Å². The van der Waals surface area contributed by atoms with Crippen molar-refractivity contribution in [3.05, 3.63) is 58.9 Å². The predicted octanol–water partition coefficient (Wildman–Crippen LogP) is 3.34. The highest BCUT2D eigenvalue weighted by molar-refractivity contribution is 6.05. The molecule has 24 heavy (non-hydrogen) atoms. The molecule has 2 amide bonds. The van der Waals surface area contributed by atoms with Gasteiger partial charge in [0.15, 0.2) is 0 Å². The van der Waals surface area contributed by atoms with Gasteiger partial charge in [-0.05, 0) is 55.2 Å². The maximum Gasteiger partial charge on any atom is 0.269 e. The first kappa shape index (κ1) is 17.7. The molecule has 1 heterocycles. The van der Waals surface area contributed by atoms with Crippen molar-refractivity contribution in [1.82, 2.24) is 10.3 Å². The fraction of sp³-hybridized carbons (Fsp3) is 0.316. The molecule has 0 aliphatic rings. The molecule has 5 heteroatoms. The fourth-order valence-corrected chi connectivity index (χ4v) is 2.11. The van der Waals surface area contributed by atoms with Crippen LogP contribution < -0.4 is 10.6 Å². The minimum Gasteiger partial charge on any atom is -0.350 e. The van der Waals surface area contributed by atoms with E-state index in [0.29, 0.717) is 18.0 Å². The zero-order valence-corrected chi connectivity index (χ0v) is 14.5. The Hall–Kier alpha value is -2.69. The lowest BCUT2D eigenvalue weighted by Gasteiger charge is -2.09. The number of hydrogen-bond acceptors (Lipinski definition) is 3. The summed E-state index contributed by atoms with van der Waals surface area (Å²) in [4.78, 5) is 28.5. The molecule has 126 valence electrons. The number of benzene rings is 1. The van der Waals surface area contributed by atoms with Gasteiger partial charge in [0.2, 0.25) is 0 Å². The van der Waals surface area contributed by atoms with Gasteiger partial charge in [0.1, 0.15) is 5.69 Å². The van der Waals surface area contributed by atoms with Crippen LogP contribution in [0.3, 0.4) is 0 Å². The van der Waals surface area contributed by atoms with Gasteiger partial charge in [-0.3, -0.25) is 14.6 Å². The van der Waals surface area contributed by atoms with Crippen LogP contribution in [-0.2, 0) is 0 Å². The van der Waals surface area contributed by atoms with Crippen molar-refractivity contribution in [2.75, 3.05) is 11.9 Å². The molecule has 0 bridgehead atoms. The molecule has 2 N–H and O–H groups in total. The molecule has 5 nitrogen and oxygen atoms in total. The van der Waals surface area contributed by atoms with Crippen molar-refractivity contribution in [2.45, 2.75) is 27.7 Å². The molecular formula is C19H23N3O2. The maximum absolute atomic E-state index is 12.4. The van der Waals surface area contributed by atoms with E-state index in [4.69, 9.17) is 0 Å². The molecule has 0 aliphatic heterocycles. The molecule has 1 aromatic heterocycles. The average molecular weight is 325 g/mol. The number of nitrogens with zero attached hydrogens (tertiary/aromatic N) is 1. The van der Waals surface area contributed by atoms with Crippen molar-refractivity contribution < 1.29 is 9.59 Å². The predicted molar refractivity (Wildman–Crippen MR) is 95.3 cm³/mol. The normalized spacial score (nSPS) is 10.5. The van der Waals surface area contributed by atoms with E-state index in [1.54, 1.807) is 6.07 Å². The van der Waals surface area contributed by atoms with E-state index in [0.717, 1.165) is 11.3 Å². The molecule has 0 radical (unpaired) electrons. The van der Waals surface area contributed by atoms with Crippen LogP contribution in [-0.4, -0.2) is 23.3 Å². The summed E-state index contributed by atoms with van der Waals surface area (Å²) in [5.41, 5.74) is 3.64. The molecule has 0 unspecified atom stereocenters. The number of carbonyl (C=O) groups excluding carboxylic acids is 2. The summed E-state index contributed by atoms with van der Waals surface area (Å²) in [5.74, 6) is -0.187. The lowest BCUT2D eigenvalue weighted by atomic mass is 10.1. The van der Waals surface area contributed by atoms with Gasteiger partial charge in [0.05, 0.1) is 0 Å². The summed E-state index contributed by atoms with van der Waals surface area (Å²) < 4.78 is 0. The third kappa shape index (κ3) is 4.65. The number of amides is 2. The largest absolute Gasteiger partial charge is 0.350 e. The van der Waals surface area contributed by atoms with Gasteiger partial charge in [0.25, 0.3) is 11.8 Å². The zero-order chi connectivity index (χ0) is 17.7. The molecule has 0 saturated heterocycles. The topological polar surface area (TPSA) is 71.1 Å². The molecule has 2 rings (SSSR count). The lowest BCUT2D eigenvalue weighted by molar-refractivity contribution is 0.0944. The van der Waals surface area contributed by atoms with Gasteiger partial charge in [-0.25, -0.2) is 0 Å². The Morgan fingerprint density at radius 3 is 2.46 bits per heavy atom. The van der Waals surface area contributed by atoms with Crippen LogP contribution >= 0.6 is 0 Å². The number of aryl methyl sites for hydroxylation is 2. The van der Waals surface area contributed by atoms with Gasteiger partial charge in [0, 0.05) is 24.0 Å². The summed E-state index contributed by atoms with van der Waals surface area (Å²) in [5, 5.41) is 5.64. The van der Waals surface area contributed by atoms with Gasteiger partial charge in [-0.15, -0.1) is 0 Å². The van der Waals surface area contributed by atoms with Crippen LogP contribution in [0.1, 0.15) is 45.8 Å². The molecule has 1 aromatic carbocycles. The Kier molecular flexibility index (Phi) is 5.68. The van der Waals surface area contributed by atoms with E-state index in [9.17, 15) is 9.59 Å². The third-order valence-electron chi connectivity index (χ3n) is 3.69. The second kappa shape index (κ2) is 7.73. The number of nitrogens with one attached hydrogen (secondary N) is 2. The van der Waals surface area contributed by atoms with Crippen LogP contribution in [0, 0.1) is 19.8 Å². The van der Waals surface area contributed by atoms with Gasteiger partial charge >= 0.3 is 0 Å². The van der Waals surface area contributed by atoms with Crippen molar-refractivity contribution in [3.8, 4) is 0 Å². The van der Waals surface area contributed by atoms with Crippen molar-refractivity contribution >= 4 is 17.5 Å². The lowest BCUT2D eigenvalue weighted by Crippen LogP contribution is -2.28. The summed E-state index contributed by atoms with van der Waals surface area (Å²) >= 11 is 0. The molecule has 0 aliphatic carbocycles. The van der Waals surface area contributed by atoms with Gasteiger partial charge in [-0.2, -0.15) is 0 Å². The van der Waals surface area contributed by atoms with E-state index in [1.165, 1.54) is 17.8 Å². The first-order valence-electron chi connectivity index (χ1n) is 7.99. The molecule has 0 spiro atoms. The minimum absolute atomic E-state index is 0.239. The number of rotatable bonds is 5. The van der Waals surface area contributed by atoms with Crippen LogP contribution in [0.4, 0.5) is 5.69 Å². The Balaban J connectivity index is 2.11. The summed E-state index contributed by atoms with van der Waals surface area (Å²) in [6.45, 7) is 8.61. The maximum atomic E-state index is 12.4. The van der Waals surface area contributed by atoms with E-state index in [1.807, 2.05) is 45.9 Å². The Morgan fingerprint density at radius 2 is 1.79 bits per heavy atom. The highest BCUT2D eigenvalue weighted by atomic mass is 16.2. The van der Waals surface area contributed by atoms with E-state index in [2.05, 4.69) is 15.6 Å². The standard InChI is InChI=1S/C19H23N3O2/c1-12(2)11-21-19(24)17-10-15(7-8-20-17)18(23)22-16-6-5-13(3)14(4)9-16/h5-10,12H,11H2,1-4H3,(H,21,24)(H,22,23). The average Bonchev–Trinajstić information content (AvgIpc) is 2.56. The van der Waals surface area contributed by atoms with Crippen LogP contribution in [0.2, 0.25) is 0 Å². The Bertz CT molecular complexity index is 754. The summed E-state index contributed by atoms with van der Waals surface area (Å²) in [6.07, 6.45) is 1.47. The van der Waals surface area contributed by atoms with E-state index >= 15 is 0 Å². The van der Waals surface area contributed by atoms with Crippen LogP contribution in [0.5, 0.6) is 0 Å². The third-order valence-corrected chi connectivity index (χ3v) is 3.69. The van der Waals surface area contributed by atoms with Crippen LogP contribution in [0.15, 0.2) is 36.5 Å². The van der Waals surface area contributed by atoms with E-state index < -0.39 is 0 Å². The first-order valence-corrected chi connectivity index (χ1v) is 7.99. The van der Waals surface area contributed by atoms with Gasteiger partial charge in [-0.1, -0.05) is 19.9 Å². The minimum atomic E-state index is -0.274. The molecular weight excluding hydrogens is 302 g/mol. The summed E-state index contributed by atoms with van der Waals surface area (Å²) in [6, 6.07) is 8.84. The van der Waals surface area contributed by atoms with Crippen molar-refractivity contribution in [3.63, 3.8) is 0 Å². The highest BCUT2D eigenvalue weighted by Gasteiger charge is 2.12. The number of hydrogen-bond donors (Lipinski definition) is 2. The smallest absolute Gasteiger partial charge is 0.269 e. The number of pyridine rings is 1. The number of aromatic nitrogens is 1. The molecule has 2 aromatic rings. The summed E-state index contributed by atoms with van der Waals surface area (Å²) in [7, 11) is 0. The fourth-order valence-electron chi connectivity index (χ4n) is 2.11. The SMILES string of the molecule is Cc1ccc(NC(=O)c2ccnc(C(=O)NCC(C)C)c2)cc1C. The monoisotopic (exact) mass is 325 g/mol. The first-order chi connectivity index (χ1) is 11.4. The quantitative estimate of drug-likeness (QED) is 0.885. The van der Waals surface area contributed by atoms with Crippen molar-refractivity contribution in [2.24, 2.45) is 5.92 Å². The van der Waals surface area contributed by atoms with Crippen LogP contribution in [0.25, 0.3) is 0 Å². The van der Waals surface area contributed by atoms with E-state index in [-0.39, 0.29) is 17.5 Å². The number of anilines is 1. The zero-order valence-electron chi connectivity index (χ0n) is 14.5. The number of carbonyl (C=O) groups is 2. The van der Waals surface area contributed by atoms with Crippen molar-refractivity contribution in [1.29, 1.82) is 0 Å². The Labute approximate surface area is 142 Å².